The number of benzene rings is 2. The number of carbonyl (C=O) groups excluding carboxylic acids is 4. The highest BCUT2D eigenvalue weighted by molar-refractivity contribution is 6.04. The molecule has 0 aliphatic heterocycles. The van der Waals surface area contributed by atoms with E-state index in [4.69, 9.17) is 4.74 Å². The summed E-state index contributed by atoms with van der Waals surface area (Å²) < 4.78 is 5.05. The second-order valence-corrected chi connectivity index (χ2v) is 7.38. The number of esters is 1. The zero-order valence-electron chi connectivity index (χ0n) is 17.3. The lowest BCUT2D eigenvalue weighted by atomic mass is 10.1. The number of nitrogens with one attached hydrogen (secondary N) is 3. The Balaban J connectivity index is 1.54. The molecular weight excluding hydrogens is 398 g/mol. The van der Waals surface area contributed by atoms with Gasteiger partial charge in [0.1, 0.15) is 0 Å². The lowest BCUT2D eigenvalue weighted by Gasteiger charge is -2.15. The first kappa shape index (κ1) is 22.0. The van der Waals surface area contributed by atoms with Gasteiger partial charge in [-0.1, -0.05) is 25.0 Å². The second-order valence-electron chi connectivity index (χ2n) is 7.38. The first-order valence-corrected chi connectivity index (χ1v) is 10.2. The van der Waals surface area contributed by atoms with E-state index in [-0.39, 0.29) is 23.4 Å². The summed E-state index contributed by atoms with van der Waals surface area (Å²) in [5, 5.41) is 8.22. The summed E-state index contributed by atoms with van der Waals surface area (Å²) in [6, 6.07) is 13.0. The third kappa shape index (κ3) is 6.40. The fraction of sp³-hybridized carbons (Fsp3) is 0.304. The van der Waals surface area contributed by atoms with Gasteiger partial charge in [0, 0.05) is 18.7 Å². The molecule has 2 aromatic carbocycles. The lowest BCUT2D eigenvalue weighted by Crippen LogP contribution is -2.33. The van der Waals surface area contributed by atoms with E-state index >= 15 is 0 Å². The molecule has 0 unspecified atom stereocenters. The Morgan fingerprint density at radius 3 is 2.29 bits per heavy atom. The van der Waals surface area contributed by atoms with Crippen LogP contribution in [0.25, 0.3) is 0 Å². The average molecular weight is 423 g/mol. The second kappa shape index (κ2) is 10.4. The van der Waals surface area contributed by atoms with Crippen LogP contribution in [0.3, 0.4) is 0 Å². The molecule has 2 aromatic rings. The number of carbonyl (C=O) groups is 4. The number of anilines is 2. The van der Waals surface area contributed by atoms with Crippen molar-refractivity contribution in [1.29, 1.82) is 0 Å². The fourth-order valence-corrected chi connectivity index (χ4v) is 3.42. The van der Waals surface area contributed by atoms with Crippen LogP contribution in [0.1, 0.15) is 53.3 Å². The van der Waals surface area contributed by atoms with Gasteiger partial charge >= 0.3 is 5.97 Å². The molecule has 0 bridgehead atoms. The minimum Gasteiger partial charge on any atom is -0.452 e. The van der Waals surface area contributed by atoms with Gasteiger partial charge < -0.3 is 20.7 Å². The summed E-state index contributed by atoms with van der Waals surface area (Å²) in [6.07, 6.45) is 4.12. The molecule has 31 heavy (non-hydrogen) atoms. The summed E-state index contributed by atoms with van der Waals surface area (Å²) in [4.78, 5) is 48.0. The molecule has 3 amide bonds. The molecule has 0 spiro atoms. The highest BCUT2D eigenvalue weighted by Gasteiger charge is 2.20. The van der Waals surface area contributed by atoms with E-state index in [1.807, 2.05) is 0 Å². The number of hydrogen-bond acceptors (Lipinski definition) is 5. The molecule has 1 saturated carbocycles. The van der Waals surface area contributed by atoms with Crippen molar-refractivity contribution in [3.05, 3.63) is 59.7 Å². The maximum Gasteiger partial charge on any atom is 0.338 e. The van der Waals surface area contributed by atoms with Crippen LogP contribution in [0, 0.1) is 0 Å². The first-order chi connectivity index (χ1) is 14.9. The van der Waals surface area contributed by atoms with Crippen LogP contribution in [-0.4, -0.2) is 36.3 Å². The topological polar surface area (TPSA) is 114 Å². The first-order valence-electron chi connectivity index (χ1n) is 10.2. The van der Waals surface area contributed by atoms with Gasteiger partial charge in [-0.05, 0) is 49.2 Å². The molecule has 162 valence electrons. The van der Waals surface area contributed by atoms with Gasteiger partial charge in [-0.25, -0.2) is 4.79 Å². The summed E-state index contributed by atoms with van der Waals surface area (Å²) >= 11 is 0. The van der Waals surface area contributed by atoms with Gasteiger partial charge in [-0.3, -0.25) is 14.4 Å². The SMILES string of the molecule is CC(=O)Nc1ccc(C(=O)OCC(=O)Nc2ccccc2C(=O)NC2CCCC2)cc1. The third-order valence-electron chi connectivity index (χ3n) is 4.91. The van der Waals surface area contributed by atoms with Crippen LogP contribution in [0.15, 0.2) is 48.5 Å². The van der Waals surface area contributed by atoms with Gasteiger partial charge in [0.25, 0.3) is 11.8 Å². The minimum atomic E-state index is -0.670. The zero-order chi connectivity index (χ0) is 22.2. The van der Waals surface area contributed by atoms with E-state index in [0.717, 1.165) is 25.7 Å². The Labute approximate surface area is 180 Å². The average Bonchev–Trinajstić information content (AvgIpc) is 3.25. The Morgan fingerprint density at radius 2 is 1.61 bits per heavy atom. The number of hydrogen-bond donors (Lipinski definition) is 3. The molecule has 8 heteroatoms. The van der Waals surface area contributed by atoms with E-state index in [1.165, 1.54) is 19.1 Å². The van der Waals surface area contributed by atoms with E-state index in [2.05, 4.69) is 16.0 Å². The van der Waals surface area contributed by atoms with Gasteiger partial charge in [-0.2, -0.15) is 0 Å². The van der Waals surface area contributed by atoms with Crippen molar-refractivity contribution >= 4 is 35.1 Å². The monoisotopic (exact) mass is 423 g/mol. The van der Waals surface area contributed by atoms with Crippen LogP contribution < -0.4 is 16.0 Å². The normalized spacial score (nSPS) is 13.3. The molecule has 1 aliphatic carbocycles. The largest absolute Gasteiger partial charge is 0.452 e. The maximum atomic E-state index is 12.6. The van der Waals surface area contributed by atoms with Gasteiger partial charge in [0.2, 0.25) is 5.91 Å². The molecule has 0 heterocycles. The Hall–Kier alpha value is -3.68. The third-order valence-corrected chi connectivity index (χ3v) is 4.91. The minimum absolute atomic E-state index is 0.161. The predicted molar refractivity (Wildman–Crippen MR) is 116 cm³/mol. The molecule has 0 atom stereocenters. The van der Waals surface area contributed by atoms with Crippen LogP contribution >= 0.6 is 0 Å². The number of para-hydroxylation sites is 1. The molecule has 1 fully saturated rings. The molecule has 3 N–H and O–H groups in total. The summed E-state index contributed by atoms with van der Waals surface area (Å²) in [6.45, 7) is 0.891. The lowest BCUT2D eigenvalue weighted by molar-refractivity contribution is -0.119. The molecule has 0 saturated heterocycles. The van der Waals surface area contributed by atoms with Crippen LogP contribution in [0.4, 0.5) is 11.4 Å². The fourth-order valence-electron chi connectivity index (χ4n) is 3.42. The van der Waals surface area contributed by atoms with Crippen molar-refractivity contribution in [3.63, 3.8) is 0 Å². The zero-order valence-corrected chi connectivity index (χ0v) is 17.3. The molecule has 1 aliphatic rings. The van der Waals surface area contributed by atoms with Crippen molar-refractivity contribution in [2.45, 2.75) is 38.6 Å². The van der Waals surface area contributed by atoms with E-state index in [0.29, 0.717) is 16.9 Å². The number of rotatable bonds is 7. The molecule has 0 aromatic heterocycles. The van der Waals surface area contributed by atoms with E-state index in [1.54, 1.807) is 36.4 Å². The van der Waals surface area contributed by atoms with Crippen molar-refractivity contribution in [3.8, 4) is 0 Å². The van der Waals surface area contributed by atoms with Crippen LogP contribution in [-0.2, 0) is 14.3 Å². The Morgan fingerprint density at radius 1 is 0.935 bits per heavy atom. The van der Waals surface area contributed by atoms with Crippen molar-refractivity contribution in [1.82, 2.24) is 5.32 Å². The highest BCUT2D eigenvalue weighted by atomic mass is 16.5. The summed E-state index contributed by atoms with van der Waals surface area (Å²) in [5.41, 5.74) is 1.52. The summed E-state index contributed by atoms with van der Waals surface area (Å²) in [7, 11) is 0. The van der Waals surface area contributed by atoms with Crippen molar-refractivity contribution in [2.24, 2.45) is 0 Å². The Bertz CT molecular complexity index is 965. The Kier molecular flexibility index (Phi) is 7.37. The van der Waals surface area contributed by atoms with Gasteiger partial charge in [0.05, 0.1) is 16.8 Å². The van der Waals surface area contributed by atoms with Gasteiger partial charge in [-0.15, -0.1) is 0 Å². The maximum absolute atomic E-state index is 12.6. The molecule has 8 nitrogen and oxygen atoms in total. The smallest absolute Gasteiger partial charge is 0.338 e. The van der Waals surface area contributed by atoms with Crippen molar-refractivity contribution in [2.75, 3.05) is 17.2 Å². The van der Waals surface area contributed by atoms with Crippen molar-refractivity contribution < 1.29 is 23.9 Å². The van der Waals surface area contributed by atoms with Gasteiger partial charge in [0.15, 0.2) is 6.61 Å². The quantitative estimate of drug-likeness (QED) is 0.592. The van der Waals surface area contributed by atoms with Crippen LogP contribution in [0.5, 0.6) is 0 Å². The predicted octanol–water partition coefficient (Wildman–Crippen LogP) is 3.11. The molecule has 3 rings (SSSR count). The number of amides is 3. The summed E-state index contributed by atoms with van der Waals surface area (Å²) in [5.74, 6) is -1.68. The van der Waals surface area contributed by atoms with E-state index in [9.17, 15) is 19.2 Å². The van der Waals surface area contributed by atoms with E-state index < -0.39 is 18.5 Å². The van der Waals surface area contributed by atoms with Crippen LogP contribution in [0.2, 0.25) is 0 Å². The number of ether oxygens (including phenoxy) is 1. The molecular formula is C23H25N3O5. The highest BCUT2D eigenvalue weighted by Crippen LogP contribution is 2.20. The standard InChI is InChI=1S/C23H25N3O5/c1-15(27)24-18-12-10-16(11-13-18)23(30)31-14-21(28)26-20-9-5-4-8-19(20)22(29)25-17-6-2-3-7-17/h4-5,8-13,17H,2-3,6-7,14H2,1H3,(H,24,27)(H,25,29)(H,26,28). The molecule has 0 radical (unpaired) electrons.